The first kappa shape index (κ1) is 18.9. The van der Waals surface area contributed by atoms with Crippen LogP contribution in [-0.2, 0) is 11.3 Å². The van der Waals surface area contributed by atoms with E-state index in [2.05, 4.69) is 50.9 Å². The van der Waals surface area contributed by atoms with Crippen molar-refractivity contribution >= 4 is 6.09 Å². The molecule has 27 heavy (non-hydrogen) atoms. The average Bonchev–Trinajstić information content (AvgIpc) is 3.12. The van der Waals surface area contributed by atoms with Crippen LogP contribution in [0.5, 0.6) is 0 Å². The van der Waals surface area contributed by atoms with E-state index in [1.807, 2.05) is 25.1 Å². The molecule has 0 aliphatic carbocycles. The summed E-state index contributed by atoms with van der Waals surface area (Å²) < 4.78 is 7.07. The number of rotatable bonds is 4. The van der Waals surface area contributed by atoms with Gasteiger partial charge in [-0.25, -0.2) is 14.3 Å². The minimum Gasteiger partial charge on any atom is -0.444 e. The zero-order chi connectivity index (χ0) is 19.6. The highest BCUT2D eigenvalue weighted by molar-refractivity contribution is 5.71. The minimum absolute atomic E-state index is 0.00596. The van der Waals surface area contributed by atoms with Gasteiger partial charge in [0, 0.05) is 18.3 Å². The van der Waals surface area contributed by atoms with Crippen molar-refractivity contribution in [2.75, 3.05) is 0 Å². The number of ether oxygens (including phenoxy) is 1. The van der Waals surface area contributed by atoms with Crippen LogP contribution in [0.3, 0.4) is 0 Å². The van der Waals surface area contributed by atoms with Crippen LogP contribution in [0.15, 0.2) is 48.8 Å². The third-order valence-corrected chi connectivity index (χ3v) is 5.22. The molecule has 0 unspecified atom stereocenters. The lowest BCUT2D eigenvalue weighted by molar-refractivity contribution is 0.140. The first-order valence-corrected chi connectivity index (χ1v) is 9.21. The highest BCUT2D eigenvalue weighted by Crippen LogP contribution is 2.27. The van der Waals surface area contributed by atoms with Gasteiger partial charge in [-0.3, -0.25) is 0 Å². The van der Waals surface area contributed by atoms with Gasteiger partial charge in [-0.05, 0) is 55.5 Å². The Hall–Kier alpha value is -2.88. The van der Waals surface area contributed by atoms with Gasteiger partial charge in [0.05, 0.1) is 0 Å². The second-order valence-electron chi connectivity index (χ2n) is 7.15. The molecule has 3 aromatic rings. The molecule has 0 bridgehead atoms. The fourth-order valence-corrected chi connectivity index (χ4v) is 3.39. The molecule has 1 atom stereocenters. The first-order chi connectivity index (χ1) is 12.9. The van der Waals surface area contributed by atoms with Gasteiger partial charge in [0.1, 0.15) is 12.4 Å². The van der Waals surface area contributed by atoms with Crippen molar-refractivity contribution in [3.63, 3.8) is 0 Å². The molecule has 140 valence electrons. The van der Waals surface area contributed by atoms with Gasteiger partial charge in [-0.1, -0.05) is 48.9 Å². The Morgan fingerprint density at radius 2 is 1.89 bits per heavy atom. The molecule has 0 aliphatic rings. The first-order valence-electron chi connectivity index (χ1n) is 9.21. The van der Waals surface area contributed by atoms with E-state index in [9.17, 15) is 4.79 Å². The molecule has 2 aromatic carbocycles. The van der Waals surface area contributed by atoms with E-state index in [-0.39, 0.29) is 12.5 Å². The van der Waals surface area contributed by atoms with Gasteiger partial charge < -0.3 is 4.74 Å². The van der Waals surface area contributed by atoms with Crippen molar-refractivity contribution in [3.05, 3.63) is 88.0 Å². The molecule has 1 heterocycles. The third kappa shape index (κ3) is 3.95. The monoisotopic (exact) mass is 362 g/mol. The molecule has 4 nitrogen and oxygen atoms in total. The smallest absolute Gasteiger partial charge is 0.419 e. The van der Waals surface area contributed by atoms with E-state index in [4.69, 9.17) is 4.74 Å². The number of imidazole rings is 1. The fraction of sp³-hybridized carbons (Fsp3) is 0.304. The van der Waals surface area contributed by atoms with Gasteiger partial charge in [0.25, 0.3) is 0 Å². The van der Waals surface area contributed by atoms with Gasteiger partial charge in [0.2, 0.25) is 0 Å². The van der Waals surface area contributed by atoms with Crippen LogP contribution in [0.4, 0.5) is 4.79 Å². The molecular weight excluding hydrogens is 336 g/mol. The molecule has 0 amide bonds. The standard InChI is InChI=1S/C23H26N2O2/c1-15-9-10-20(17(3)13-15)14-27-23(26)25-12-11-24-22(25)19(5)21-8-6-7-16(2)18(21)4/h6-13,19H,14H2,1-5H3/t19-/m0/s1. The Morgan fingerprint density at radius 1 is 1.11 bits per heavy atom. The third-order valence-electron chi connectivity index (χ3n) is 5.22. The number of carbonyl (C=O) groups excluding carboxylic acids is 1. The van der Waals surface area contributed by atoms with Crippen molar-refractivity contribution in [1.82, 2.24) is 9.55 Å². The molecule has 4 heteroatoms. The van der Waals surface area contributed by atoms with Crippen LogP contribution >= 0.6 is 0 Å². The van der Waals surface area contributed by atoms with Gasteiger partial charge in [0.15, 0.2) is 0 Å². The molecule has 0 radical (unpaired) electrons. The van der Waals surface area contributed by atoms with Crippen molar-refractivity contribution in [2.24, 2.45) is 0 Å². The second-order valence-corrected chi connectivity index (χ2v) is 7.15. The molecule has 0 saturated carbocycles. The van der Waals surface area contributed by atoms with Crippen LogP contribution in [-0.4, -0.2) is 15.6 Å². The number of hydrogen-bond acceptors (Lipinski definition) is 3. The summed E-state index contributed by atoms with van der Waals surface area (Å²) in [6.45, 7) is 10.6. The van der Waals surface area contributed by atoms with Crippen molar-refractivity contribution in [1.29, 1.82) is 0 Å². The van der Waals surface area contributed by atoms with E-state index in [0.717, 1.165) is 11.1 Å². The van der Waals surface area contributed by atoms with E-state index in [0.29, 0.717) is 5.82 Å². The summed E-state index contributed by atoms with van der Waals surface area (Å²) >= 11 is 0. The zero-order valence-electron chi connectivity index (χ0n) is 16.6. The predicted octanol–water partition coefficient (Wildman–Crippen LogP) is 5.45. The second kappa shape index (κ2) is 7.78. The Bertz CT molecular complexity index is 972. The summed E-state index contributed by atoms with van der Waals surface area (Å²) in [5, 5.41) is 0. The average molecular weight is 362 g/mol. The highest BCUT2D eigenvalue weighted by Gasteiger charge is 2.20. The Kier molecular flexibility index (Phi) is 5.45. The normalized spacial score (nSPS) is 12.0. The van der Waals surface area contributed by atoms with Crippen LogP contribution in [0.2, 0.25) is 0 Å². The maximum atomic E-state index is 12.7. The lowest BCUT2D eigenvalue weighted by atomic mass is 9.93. The van der Waals surface area contributed by atoms with Crippen molar-refractivity contribution in [3.8, 4) is 0 Å². The largest absolute Gasteiger partial charge is 0.444 e. The summed E-state index contributed by atoms with van der Waals surface area (Å²) in [7, 11) is 0. The molecule has 0 N–H and O–H groups in total. The van der Waals surface area contributed by atoms with Crippen molar-refractivity contribution in [2.45, 2.75) is 47.1 Å². The predicted molar refractivity (Wildman–Crippen MR) is 107 cm³/mol. The van der Waals surface area contributed by atoms with Gasteiger partial charge >= 0.3 is 6.09 Å². The highest BCUT2D eigenvalue weighted by atomic mass is 16.5. The Morgan fingerprint density at radius 3 is 2.63 bits per heavy atom. The van der Waals surface area contributed by atoms with E-state index >= 15 is 0 Å². The molecular formula is C23H26N2O2. The lowest BCUT2D eigenvalue weighted by Crippen LogP contribution is -2.18. The summed E-state index contributed by atoms with van der Waals surface area (Å²) in [6, 6.07) is 12.4. The number of carbonyl (C=O) groups is 1. The van der Waals surface area contributed by atoms with Crippen molar-refractivity contribution < 1.29 is 9.53 Å². The van der Waals surface area contributed by atoms with Gasteiger partial charge in [-0.2, -0.15) is 0 Å². The van der Waals surface area contributed by atoms with Crippen LogP contribution in [0, 0.1) is 27.7 Å². The Balaban J connectivity index is 1.79. The maximum Gasteiger partial charge on any atom is 0.419 e. The summed E-state index contributed by atoms with van der Waals surface area (Å²) in [6.07, 6.45) is 2.91. The Labute approximate surface area is 160 Å². The number of nitrogens with zero attached hydrogens (tertiary/aromatic N) is 2. The van der Waals surface area contributed by atoms with E-state index in [1.54, 1.807) is 12.4 Å². The van der Waals surface area contributed by atoms with Crippen LogP contribution in [0.1, 0.15) is 52.0 Å². The number of aryl methyl sites for hydroxylation is 3. The molecule has 3 rings (SSSR count). The van der Waals surface area contributed by atoms with Crippen LogP contribution < -0.4 is 0 Å². The molecule has 0 aliphatic heterocycles. The van der Waals surface area contributed by atoms with Gasteiger partial charge in [-0.15, -0.1) is 0 Å². The fourth-order valence-electron chi connectivity index (χ4n) is 3.39. The summed E-state index contributed by atoms with van der Waals surface area (Å²) in [5.74, 6) is 0.683. The van der Waals surface area contributed by atoms with E-state index in [1.165, 1.54) is 26.8 Å². The molecule has 0 saturated heterocycles. The molecule has 1 aromatic heterocycles. The summed E-state index contributed by atoms with van der Waals surface area (Å²) in [5.41, 5.74) is 6.96. The number of benzene rings is 2. The lowest BCUT2D eigenvalue weighted by Gasteiger charge is -2.17. The minimum atomic E-state index is -0.403. The number of aromatic nitrogens is 2. The SMILES string of the molecule is Cc1ccc(COC(=O)n2ccnc2[C@@H](C)c2cccc(C)c2C)c(C)c1. The zero-order valence-corrected chi connectivity index (χ0v) is 16.6. The van der Waals surface area contributed by atoms with Crippen LogP contribution in [0.25, 0.3) is 0 Å². The maximum absolute atomic E-state index is 12.7. The molecule has 0 spiro atoms. The number of hydrogen-bond donors (Lipinski definition) is 0. The van der Waals surface area contributed by atoms with E-state index < -0.39 is 6.09 Å². The quantitative estimate of drug-likeness (QED) is 0.619. The molecule has 0 fully saturated rings. The topological polar surface area (TPSA) is 44.1 Å². The summed E-state index contributed by atoms with van der Waals surface area (Å²) in [4.78, 5) is 17.1.